The third-order valence-electron chi connectivity index (χ3n) is 4.36. The SMILES string of the molecule is C[C@H](NC(=O)NC1CCC(C(=O)O)CC1)c1ccc([N+](=O)[O-])cc1. The van der Waals surface area contributed by atoms with Gasteiger partial charge in [-0.2, -0.15) is 0 Å². The van der Waals surface area contributed by atoms with Crippen LogP contribution in [0.15, 0.2) is 24.3 Å². The number of aliphatic carboxylic acids is 1. The van der Waals surface area contributed by atoms with Crippen LogP contribution in [-0.4, -0.2) is 28.1 Å². The summed E-state index contributed by atoms with van der Waals surface area (Å²) in [5.74, 6) is -1.09. The predicted molar refractivity (Wildman–Crippen MR) is 86.6 cm³/mol. The van der Waals surface area contributed by atoms with E-state index in [-0.39, 0.29) is 29.7 Å². The van der Waals surface area contributed by atoms with Gasteiger partial charge in [0.25, 0.3) is 5.69 Å². The van der Waals surface area contributed by atoms with E-state index in [4.69, 9.17) is 5.11 Å². The second-order valence-electron chi connectivity index (χ2n) is 6.07. The molecule has 0 radical (unpaired) electrons. The van der Waals surface area contributed by atoms with Crippen LogP contribution in [0.5, 0.6) is 0 Å². The summed E-state index contributed by atoms with van der Waals surface area (Å²) >= 11 is 0. The molecular weight excluding hydrogens is 314 g/mol. The van der Waals surface area contributed by atoms with Crippen molar-refractivity contribution < 1.29 is 19.6 Å². The molecule has 1 aromatic carbocycles. The van der Waals surface area contributed by atoms with Crippen LogP contribution in [0.3, 0.4) is 0 Å². The number of nitrogens with zero attached hydrogens (tertiary/aromatic N) is 1. The van der Waals surface area contributed by atoms with E-state index in [1.807, 2.05) is 0 Å². The van der Waals surface area contributed by atoms with Crippen LogP contribution in [0.4, 0.5) is 10.5 Å². The molecule has 130 valence electrons. The molecule has 8 nitrogen and oxygen atoms in total. The van der Waals surface area contributed by atoms with Crippen LogP contribution in [0.1, 0.15) is 44.2 Å². The third kappa shape index (κ3) is 4.68. The Bertz CT molecular complexity index is 609. The van der Waals surface area contributed by atoms with Crippen molar-refractivity contribution in [1.82, 2.24) is 10.6 Å². The zero-order valence-electron chi connectivity index (χ0n) is 13.4. The van der Waals surface area contributed by atoms with Gasteiger partial charge in [-0.05, 0) is 38.2 Å². The number of nitro groups is 1. The zero-order chi connectivity index (χ0) is 17.7. The summed E-state index contributed by atoms with van der Waals surface area (Å²) in [6.07, 6.45) is 2.43. The van der Waals surface area contributed by atoms with E-state index in [1.165, 1.54) is 12.1 Å². The highest BCUT2D eigenvalue weighted by atomic mass is 16.6. The molecule has 24 heavy (non-hydrogen) atoms. The quantitative estimate of drug-likeness (QED) is 0.564. The Morgan fingerprint density at radius 2 is 1.79 bits per heavy atom. The Hall–Kier alpha value is -2.64. The number of nitrogens with one attached hydrogen (secondary N) is 2. The van der Waals surface area contributed by atoms with E-state index in [9.17, 15) is 19.7 Å². The lowest BCUT2D eigenvalue weighted by molar-refractivity contribution is -0.384. The van der Waals surface area contributed by atoms with E-state index in [0.717, 1.165) is 5.56 Å². The number of benzene rings is 1. The molecule has 1 saturated carbocycles. The number of carboxylic acid groups (broad SMARTS) is 1. The second kappa shape index (κ2) is 7.76. The van der Waals surface area contributed by atoms with Crippen molar-refractivity contribution in [1.29, 1.82) is 0 Å². The maximum absolute atomic E-state index is 12.0. The maximum Gasteiger partial charge on any atom is 0.315 e. The number of rotatable bonds is 5. The molecule has 1 fully saturated rings. The van der Waals surface area contributed by atoms with Gasteiger partial charge >= 0.3 is 12.0 Å². The Labute approximate surface area is 139 Å². The van der Waals surface area contributed by atoms with Crippen LogP contribution in [0, 0.1) is 16.0 Å². The Morgan fingerprint density at radius 1 is 1.21 bits per heavy atom. The largest absolute Gasteiger partial charge is 0.481 e. The van der Waals surface area contributed by atoms with Gasteiger partial charge in [0.2, 0.25) is 0 Å². The summed E-state index contributed by atoms with van der Waals surface area (Å²) in [7, 11) is 0. The topological polar surface area (TPSA) is 122 Å². The molecule has 0 aromatic heterocycles. The number of urea groups is 1. The van der Waals surface area contributed by atoms with Gasteiger partial charge in [-0.25, -0.2) is 4.79 Å². The molecule has 2 rings (SSSR count). The molecule has 1 aliphatic carbocycles. The monoisotopic (exact) mass is 335 g/mol. The highest BCUT2D eigenvalue weighted by Crippen LogP contribution is 2.24. The normalized spacial score (nSPS) is 21.5. The molecule has 2 amide bonds. The average Bonchev–Trinajstić information content (AvgIpc) is 2.55. The molecule has 0 unspecified atom stereocenters. The first kappa shape index (κ1) is 17.7. The molecule has 1 atom stereocenters. The van der Waals surface area contributed by atoms with Crippen LogP contribution in [-0.2, 0) is 4.79 Å². The number of non-ortho nitro benzene ring substituents is 1. The van der Waals surface area contributed by atoms with Crippen molar-refractivity contribution in [3.8, 4) is 0 Å². The van der Waals surface area contributed by atoms with Crippen LogP contribution in [0.25, 0.3) is 0 Å². The minimum atomic E-state index is -0.773. The first-order valence-corrected chi connectivity index (χ1v) is 7.91. The molecule has 1 aliphatic rings. The lowest BCUT2D eigenvalue weighted by Gasteiger charge is -2.27. The fourth-order valence-electron chi connectivity index (χ4n) is 2.88. The summed E-state index contributed by atoms with van der Waals surface area (Å²) in [6, 6.07) is 5.39. The number of carbonyl (C=O) groups excluding carboxylic acids is 1. The van der Waals surface area contributed by atoms with Gasteiger partial charge in [0, 0.05) is 18.2 Å². The zero-order valence-corrected chi connectivity index (χ0v) is 13.4. The van der Waals surface area contributed by atoms with Gasteiger partial charge < -0.3 is 15.7 Å². The number of amides is 2. The summed E-state index contributed by atoms with van der Waals surface area (Å²) in [4.78, 5) is 33.1. The number of carboxylic acids is 1. The van der Waals surface area contributed by atoms with Crippen LogP contribution in [0.2, 0.25) is 0 Å². The van der Waals surface area contributed by atoms with Crippen LogP contribution >= 0.6 is 0 Å². The van der Waals surface area contributed by atoms with Crippen molar-refractivity contribution >= 4 is 17.7 Å². The van der Waals surface area contributed by atoms with Crippen molar-refractivity contribution in [2.45, 2.75) is 44.7 Å². The first-order valence-electron chi connectivity index (χ1n) is 7.91. The van der Waals surface area contributed by atoms with E-state index >= 15 is 0 Å². The molecule has 3 N–H and O–H groups in total. The molecular formula is C16H21N3O5. The van der Waals surface area contributed by atoms with E-state index in [0.29, 0.717) is 25.7 Å². The number of carbonyl (C=O) groups is 2. The maximum atomic E-state index is 12.0. The van der Waals surface area contributed by atoms with Gasteiger partial charge in [0.1, 0.15) is 0 Å². The molecule has 1 aromatic rings. The van der Waals surface area contributed by atoms with E-state index in [1.54, 1.807) is 19.1 Å². The minimum Gasteiger partial charge on any atom is -0.481 e. The Morgan fingerprint density at radius 3 is 2.29 bits per heavy atom. The third-order valence-corrected chi connectivity index (χ3v) is 4.36. The molecule has 0 bridgehead atoms. The van der Waals surface area contributed by atoms with Gasteiger partial charge in [0.05, 0.1) is 16.9 Å². The Balaban J connectivity index is 1.81. The molecule has 0 heterocycles. The van der Waals surface area contributed by atoms with Gasteiger partial charge in [-0.15, -0.1) is 0 Å². The summed E-state index contributed by atoms with van der Waals surface area (Å²) < 4.78 is 0. The van der Waals surface area contributed by atoms with E-state index in [2.05, 4.69) is 10.6 Å². The lowest BCUT2D eigenvalue weighted by atomic mass is 9.86. The van der Waals surface area contributed by atoms with Crippen LogP contribution < -0.4 is 10.6 Å². The average molecular weight is 335 g/mol. The van der Waals surface area contributed by atoms with Crippen molar-refractivity contribution in [2.24, 2.45) is 5.92 Å². The summed E-state index contributed by atoms with van der Waals surface area (Å²) in [6.45, 7) is 1.79. The molecule has 8 heteroatoms. The Kier molecular flexibility index (Phi) is 5.73. The van der Waals surface area contributed by atoms with Crippen molar-refractivity contribution in [2.75, 3.05) is 0 Å². The van der Waals surface area contributed by atoms with Crippen molar-refractivity contribution in [3.63, 3.8) is 0 Å². The number of hydrogen-bond donors (Lipinski definition) is 3. The minimum absolute atomic E-state index is 0.00518. The number of nitro benzene ring substituents is 1. The standard InChI is InChI=1S/C16H21N3O5/c1-10(11-4-8-14(9-5-11)19(23)24)17-16(22)18-13-6-2-12(3-7-13)15(20)21/h4-5,8-10,12-13H,2-3,6-7H2,1H3,(H,20,21)(H2,17,18,22)/t10-,12?,13?/m0/s1. The van der Waals surface area contributed by atoms with Gasteiger partial charge in [-0.1, -0.05) is 12.1 Å². The molecule has 0 spiro atoms. The van der Waals surface area contributed by atoms with Gasteiger partial charge in [-0.3, -0.25) is 14.9 Å². The lowest BCUT2D eigenvalue weighted by Crippen LogP contribution is -2.44. The smallest absolute Gasteiger partial charge is 0.315 e. The van der Waals surface area contributed by atoms with Crippen molar-refractivity contribution in [3.05, 3.63) is 39.9 Å². The fraction of sp³-hybridized carbons (Fsp3) is 0.500. The summed E-state index contributed by atoms with van der Waals surface area (Å²) in [5, 5.41) is 25.2. The summed E-state index contributed by atoms with van der Waals surface area (Å²) in [5.41, 5.74) is 0.774. The predicted octanol–water partition coefficient (Wildman–Crippen LogP) is 2.60. The molecule has 0 aliphatic heterocycles. The second-order valence-corrected chi connectivity index (χ2v) is 6.07. The van der Waals surface area contributed by atoms with E-state index < -0.39 is 10.9 Å². The highest BCUT2D eigenvalue weighted by molar-refractivity contribution is 5.75. The number of hydrogen-bond acceptors (Lipinski definition) is 4. The first-order chi connectivity index (χ1) is 11.4. The molecule has 0 saturated heterocycles. The van der Waals surface area contributed by atoms with Gasteiger partial charge in [0.15, 0.2) is 0 Å². The fourth-order valence-corrected chi connectivity index (χ4v) is 2.88. The highest BCUT2D eigenvalue weighted by Gasteiger charge is 2.26.